The van der Waals surface area contributed by atoms with Crippen LogP contribution in [0.1, 0.15) is 32.0 Å². The third-order valence-electron chi connectivity index (χ3n) is 3.77. The van der Waals surface area contributed by atoms with Gasteiger partial charge in [0.15, 0.2) is 5.96 Å². The van der Waals surface area contributed by atoms with Crippen LogP contribution in [-0.2, 0) is 19.5 Å². The average Bonchev–Trinajstić information content (AvgIpc) is 2.88. The van der Waals surface area contributed by atoms with Gasteiger partial charge in [0.2, 0.25) is 0 Å². The van der Waals surface area contributed by atoms with Crippen molar-refractivity contribution in [2.45, 2.75) is 45.7 Å². The standard InChI is InChI=1S/C15H28N6OS/c1-3-16-14(18-9-12-23-2)17-8-6-11-21-15(22)20-10-5-4-7-13(20)19-21/h3-12H2,1-2H3,(H2,16,17,18). The Labute approximate surface area is 141 Å². The van der Waals surface area contributed by atoms with Gasteiger partial charge in [-0.3, -0.25) is 9.56 Å². The van der Waals surface area contributed by atoms with Crippen LogP contribution < -0.4 is 16.3 Å². The summed E-state index contributed by atoms with van der Waals surface area (Å²) >= 11 is 1.81. The highest BCUT2D eigenvalue weighted by Gasteiger charge is 2.15. The van der Waals surface area contributed by atoms with Crippen molar-refractivity contribution in [3.63, 3.8) is 0 Å². The molecular weight excluding hydrogens is 312 g/mol. The maximum absolute atomic E-state index is 12.2. The van der Waals surface area contributed by atoms with Gasteiger partial charge >= 0.3 is 5.69 Å². The van der Waals surface area contributed by atoms with Crippen molar-refractivity contribution < 1.29 is 0 Å². The number of thioether (sulfide) groups is 1. The molecule has 0 unspecified atom stereocenters. The summed E-state index contributed by atoms with van der Waals surface area (Å²) < 4.78 is 3.42. The van der Waals surface area contributed by atoms with Crippen LogP contribution in [0.25, 0.3) is 0 Å². The number of rotatable bonds is 8. The molecule has 2 N–H and O–H groups in total. The first kappa shape index (κ1) is 17.9. The van der Waals surface area contributed by atoms with E-state index < -0.39 is 0 Å². The average molecular weight is 340 g/mol. The van der Waals surface area contributed by atoms with Crippen molar-refractivity contribution in [2.24, 2.45) is 4.99 Å². The van der Waals surface area contributed by atoms with Crippen LogP contribution in [0.2, 0.25) is 0 Å². The van der Waals surface area contributed by atoms with Gasteiger partial charge < -0.3 is 10.6 Å². The van der Waals surface area contributed by atoms with Crippen molar-refractivity contribution in [1.82, 2.24) is 25.0 Å². The third-order valence-corrected chi connectivity index (χ3v) is 4.38. The molecule has 8 heteroatoms. The van der Waals surface area contributed by atoms with Gasteiger partial charge in [0.05, 0.1) is 0 Å². The van der Waals surface area contributed by atoms with Crippen molar-refractivity contribution in [2.75, 3.05) is 31.6 Å². The summed E-state index contributed by atoms with van der Waals surface area (Å²) in [5.74, 6) is 2.84. The number of hydrogen-bond donors (Lipinski definition) is 2. The van der Waals surface area contributed by atoms with Gasteiger partial charge in [0.25, 0.3) is 0 Å². The van der Waals surface area contributed by atoms with Gasteiger partial charge in [-0.1, -0.05) is 0 Å². The van der Waals surface area contributed by atoms with Crippen LogP contribution in [0.4, 0.5) is 0 Å². The van der Waals surface area contributed by atoms with Crippen LogP contribution in [0.3, 0.4) is 0 Å². The first-order chi connectivity index (χ1) is 11.3. The second kappa shape index (κ2) is 9.64. The Kier molecular flexibility index (Phi) is 7.51. The molecule has 1 aliphatic heterocycles. The summed E-state index contributed by atoms with van der Waals surface area (Å²) in [5.41, 5.74) is 0.0358. The number of hydrogen-bond acceptors (Lipinski definition) is 4. The zero-order valence-electron chi connectivity index (χ0n) is 14.2. The highest BCUT2D eigenvalue weighted by atomic mass is 32.2. The van der Waals surface area contributed by atoms with Crippen LogP contribution in [0, 0.1) is 0 Å². The molecule has 0 saturated heterocycles. The van der Waals surface area contributed by atoms with Gasteiger partial charge in [0.1, 0.15) is 5.82 Å². The molecule has 0 radical (unpaired) electrons. The minimum Gasteiger partial charge on any atom is -0.357 e. The van der Waals surface area contributed by atoms with E-state index in [1.807, 2.05) is 16.3 Å². The van der Waals surface area contributed by atoms with E-state index in [4.69, 9.17) is 0 Å². The number of fused-ring (bicyclic) bond motifs is 1. The number of guanidine groups is 1. The number of aliphatic imine (C=N–C) groups is 1. The van der Waals surface area contributed by atoms with E-state index in [-0.39, 0.29) is 5.69 Å². The van der Waals surface area contributed by atoms with E-state index in [1.54, 1.807) is 4.68 Å². The first-order valence-corrected chi connectivity index (χ1v) is 9.83. The Morgan fingerprint density at radius 1 is 1.39 bits per heavy atom. The Balaban J connectivity index is 1.82. The number of nitrogens with zero attached hydrogens (tertiary/aromatic N) is 4. The Morgan fingerprint density at radius 2 is 2.26 bits per heavy atom. The largest absolute Gasteiger partial charge is 0.357 e. The van der Waals surface area contributed by atoms with E-state index in [2.05, 4.69) is 33.9 Å². The molecule has 0 amide bonds. The smallest absolute Gasteiger partial charge is 0.345 e. The fraction of sp³-hybridized carbons (Fsp3) is 0.800. The fourth-order valence-corrected chi connectivity index (χ4v) is 2.92. The van der Waals surface area contributed by atoms with Crippen LogP contribution in [0.15, 0.2) is 9.79 Å². The lowest BCUT2D eigenvalue weighted by molar-refractivity contribution is 0.509. The maximum Gasteiger partial charge on any atom is 0.345 e. The molecule has 1 aromatic heterocycles. The van der Waals surface area contributed by atoms with E-state index in [9.17, 15) is 4.79 Å². The molecule has 0 aromatic carbocycles. The lowest BCUT2D eigenvalue weighted by Crippen LogP contribution is -2.38. The Hall–Kier alpha value is -1.44. The minimum absolute atomic E-state index is 0.0358. The zero-order chi connectivity index (χ0) is 16.5. The van der Waals surface area contributed by atoms with E-state index in [0.717, 1.165) is 62.9 Å². The summed E-state index contributed by atoms with van der Waals surface area (Å²) in [6.07, 6.45) is 6.04. The highest BCUT2D eigenvalue weighted by Crippen LogP contribution is 2.09. The molecule has 0 spiro atoms. The highest BCUT2D eigenvalue weighted by molar-refractivity contribution is 7.98. The minimum atomic E-state index is 0.0358. The van der Waals surface area contributed by atoms with Gasteiger partial charge in [-0.25, -0.2) is 9.48 Å². The van der Waals surface area contributed by atoms with E-state index >= 15 is 0 Å². The first-order valence-electron chi connectivity index (χ1n) is 8.44. The molecule has 23 heavy (non-hydrogen) atoms. The summed E-state index contributed by atoms with van der Waals surface area (Å²) in [6.45, 7) is 5.94. The Bertz CT molecular complexity index is 565. The van der Waals surface area contributed by atoms with Crippen LogP contribution in [-0.4, -0.2) is 52.0 Å². The SMILES string of the molecule is CCNC(=NCCCn1nc2n(c1=O)CCCC2)NCCSC. The lowest BCUT2D eigenvalue weighted by Gasteiger charge is -2.10. The summed E-state index contributed by atoms with van der Waals surface area (Å²) in [5, 5.41) is 11.0. The van der Waals surface area contributed by atoms with Gasteiger partial charge in [-0.15, -0.1) is 0 Å². The van der Waals surface area contributed by atoms with Gasteiger partial charge in [-0.2, -0.15) is 16.9 Å². The zero-order valence-corrected chi connectivity index (χ0v) is 15.0. The molecule has 1 aliphatic rings. The monoisotopic (exact) mass is 340 g/mol. The van der Waals surface area contributed by atoms with E-state index in [0.29, 0.717) is 13.1 Å². The molecule has 0 aliphatic carbocycles. The fourth-order valence-electron chi connectivity index (χ4n) is 2.62. The second-order valence-electron chi connectivity index (χ2n) is 5.56. The molecule has 130 valence electrons. The number of nitrogens with one attached hydrogen (secondary N) is 2. The van der Waals surface area contributed by atoms with Crippen molar-refractivity contribution in [1.29, 1.82) is 0 Å². The topological polar surface area (TPSA) is 76.2 Å². The molecule has 0 bridgehead atoms. The van der Waals surface area contributed by atoms with E-state index in [1.165, 1.54) is 0 Å². The van der Waals surface area contributed by atoms with Crippen LogP contribution in [0.5, 0.6) is 0 Å². The molecule has 0 saturated carbocycles. The molecule has 2 heterocycles. The normalized spacial score (nSPS) is 14.6. The lowest BCUT2D eigenvalue weighted by atomic mass is 10.2. The van der Waals surface area contributed by atoms with Crippen molar-refractivity contribution in [3.05, 3.63) is 16.3 Å². The molecule has 0 fully saturated rings. The number of aryl methyl sites for hydroxylation is 2. The molecule has 7 nitrogen and oxygen atoms in total. The maximum atomic E-state index is 12.2. The predicted octanol–water partition coefficient (Wildman–Crippen LogP) is 0.689. The van der Waals surface area contributed by atoms with Gasteiger partial charge in [-0.05, 0) is 32.4 Å². The second-order valence-corrected chi connectivity index (χ2v) is 6.55. The van der Waals surface area contributed by atoms with Crippen LogP contribution >= 0.6 is 11.8 Å². The van der Waals surface area contributed by atoms with Gasteiger partial charge in [0, 0.05) is 44.9 Å². The molecule has 2 rings (SSSR count). The quantitative estimate of drug-likeness (QED) is 0.414. The number of aromatic nitrogens is 3. The summed E-state index contributed by atoms with van der Waals surface area (Å²) in [7, 11) is 0. The third kappa shape index (κ3) is 5.30. The van der Waals surface area contributed by atoms with Crippen molar-refractivity contribution >= 4 is 17.7 Å². The Morgan fingerprint density at radius 3 is 3.00 bits per heavy atom. The molecule has 1 aromatic rings. The van der Waals surface area contributed by atoms with Crippen molar-refractivity contribution in [3.8, 4) is 0 Å². The molecular formula is C15H28N6OS. The summed E-state index contributed by atoms with van der Waals surface area (Å²) in [6, 6.07) is 0. The molecule has 0 atom stereocenters. The summed E-state index contributed by atoms with van der Waals surface area (Å²) in [4.78, 5) is 16.8. The predicted molar refractivity (Wildman–Crippen MR) is 96.4 cm³/mol.